The molecule has 0 aromatic carbocycles. The summed E-state index contributed by atoms with van der Waals surface area (Å²) in [5.74, 6) is 0.278. The number of thiophene rings is 1. The van der Waals surface area contributed by atoms with Crippen molar-refractivity contribution in [2.45, 2.75) is 25.3 Å². The van der Waals surface area contributed by atoms with E-state index >= 15 is 0 Å². The van der Waals surface area contributed by atoms with Crippen molar-refractivity contribution in [2.24, 2.45) is 0 Å². The van der Waals surface area contributed by atoms with Gasteiger partial charge in [0.25, 0.3) is 0 Å². The highest BCUT2D eigenvalue weighted by Crippen LogP contribution is 2.31. The van der Waals surface area contributed by atoms with Crippen molar-refractivity contribution in [2.75, 3.05) is 6.61 Å². The Morgan fingerprint density at radius 1 is 1.71 bits per heavy atom. The average Bonchev–Trinajstić information content (AvgIpc) is 2.75. The van der Waals surface area contributed by atoms with E-state index in [0.29, 0.717) is 6.61 Å². The summed E-state index contributed by atoms with van der Waals surface area (Å²) < 4.78 is 4.94. The zero-order valence-corrected chi connectivity index (χ0v) is 9.06. The standard InChI is InChI=1S/C10H13NO2S/c1-7(8-3-4-14-5-8)10(2)6-13-9(12)11-10/h3-5,7H,6H2,1-2H3,(H,11,12). The molecular weight excluding hydrogens is 198 g/mol. The van der Waals surface area contributed by atoms with E-state index in [1.54, 1.807) is 11.3 Å². The third-order valence-corrected chi connectivity index (χ3v) is 3.59. The van der Waals surface area contributed by atoms with E-state index in [1.807, 2.05) is 12.3 Å². The van der Waals surface area contributed by atoms with E-state index in [9.17, 15) is 4.79 Å². The molecule has 2 atom stereocenters. The number of nitrogens with one attached hydrogen (secondary N) is 1. The summed E-state index contributed by atoms with van der Waals surface area (Å²) in [6, 6.07) is 2.09. The molecule has 0 bridgehead atoms. The van der Waals surface area contributed by atoms with Crippen LogP contribution in [-0.2, 0) is 4.74 Å². The van der Waals surface area contributed by atoms with E-state index in [-0.39, 0.29) is 17.6 Å². The van der Waals surface area contributed by atoms with Crippen molar-refractivity contribution in [3.63, 3.8) is 0 Å². The molecule has 0 spiro atoms. The van der Waals surface area contributed by atoms with E-state index in [4.69, 9.17) is 4.74 Å². The van der Waals surface area contributed by atoms with Crippen LogP contribution in [0.3, 0.4) is 0 Å². The van der Waals surface area contributed by atoms with Gasteiger partial charge < -0.3 is 10.1 Å². The van der Waals surface area contributed by atoms with Crippen LogP contribution in [0.2, 0.25) is 0 Å². The fourth-order valence-corrected chi connectivity index (χ4v) is 2.40. The molecule has 14 heavy (non-hydrogen) atoms. The largest absolute Gasteiger partial charge is 0.447 e. The van der Waals surface area contributed by atoms with Crippen LogP contribution in [0.15, 0.2) is 16.8 Å². The number of ether oxygens (including phenoxy) is 1. The average molecular weight is 211 g/mol. The maximum atomic E-state index is 11.0. The first-order valence-corrected chi connectivity index (χ1v) is 5.53. The second-order valence-corrected chi connectivity index (χ2v) is 4.68. The second kappa shape index (κ2) is 3.28. The van der Waals surface area contributed by atoms with E-state index in [2.05, 4.69) is 23.7 Å². The molecule has 3 nitrogen and oxygen atoms in total. The third-order valence-electron chi connectivity index (χ3n) is 2.89. The van der Waals surface area contributed by atoms with Crippen LogP contribution in [0, 0.1) is 0 Å². The maximum absolute atomic E-state index is 11.0. The van der Waals surface area contributed by atoms with Gasteiger partial charge in [-0.05, 0) is 29.3 Å². The molecule has 4 heteroatoms. The predicted octanol–water partition coefficient (Wildman–Crippen LogP) is 2.35. The number of carbonyl (C=O) groups is 1. The van der Waals surface area contributed by atoms with Gasteiger partial charge in [-0.2, -0.15) is 11.3 Å². The van der Waals surface area contributed by atoms with E-state index < -0.39 is 0 Å². The van der Waals surface area contributed by atoms with Gasteiger partial charge in [-0.3, -0.25) is 0 Å². The first-order valence-electron chi connectivity index (χ1n) is 4.59. The fraction of sp³-hybridized carbons (Fsp3) is 0.500. The summed E-state index contributed by atoms with van der Waals surface area (Å²) in [5.41, 5.74) is 0.987. The molecule has 2 unspecified atom stereocenters. The molecule has 76 valence electrons. The Kier molecular flexibility index (Phi) is 2.23. The van der Waals surface area contributed by atoms with Crippen molar-refractivity contribution in [1.82, 2.24) is 5.32 Å². The van der Waals surface area contributed by atoms with Gasteiger partial charge in [-0.15, -0.1) is 0 Å². The molecule has 0 saturated carbocycles. The van der Waals surface area contributed by atoms with Crippen LogP contribution in [0.1, 0.15) is 25.3 Å². The fourth-order valence-electron chi connectivity index (χ4n) is 1.64. The van der Waals surface area contributed by atoms with Gasteiger partial charge in [0.2, 0.25) is 0 Å². The first-order chi connectivity index (χ1) is 6.62. The monoisotopic (exact) mass is 211 g/mol. The highest BCUT2D eigenvalue weighted by atomic mass is 32.1. The molecule has 0 aliphatic carbocycles. The van der Waals surface area contributed by atoms with Gasteiger partial charge in [0.1, 0.15) is 6.61 Å². The number of alkyl carbamates (subject to hydrolysis) is 1. The lowest BCUT2D eigenvalue weighted by atomic mass is 9.84. The van der Waals surface area contributed by atoms with Gasteiger partial charge in [0.05, 0.1) is 5.54 Å². The van der Waals surface area contributed by atoms with Crippen molar-refractivity contribution in [3.05, 3.63) is 22.4 Å². The van der Waals surface area contributed by atoms with Crippen molar-refractivity contribution in [3.8, 4) is 0 Å². The topological polar surface area (TPSA) is 38.3 Å². The summed E-state index contributed by atoms with van der Waals surface area (Å²) in [7, 11) is 0. The maximum Gasteiger partial charge on any atom is 0.407 e. The van der Waals surface area contributed by atoms with Crippen molar-refractivity contribution in [1.29, 1.82) is 0 Å². The van der Waals surface area contributed by atoms with Crippen LogP contribution in [-0.4, -0.2) is 18.2 Å². The Bertz CT molecular complexity index is 336. The number of hydrogen-bond acceptors (Lipinski definition) is 3. The minimum Gasteiger partial charge on any atom is -0.447 e. The highest BCUT2D eigenvalue weighted by Gasteiger charge is 2.40. The van der Waals surface area contributed by atoms with Crippen LogP contribution in [0.5, 0.6) is 0 Å². The van der Waals surface area contributed by atoms with Crippen molar-refractivity contribution >= 4 is 17.4 Å². The van der Waals surface area contributed by atoms with Crippen LogP contribution >= 0.6 is 11.3 Å². The Balaban J connectivity index is 2.19. The number of carbonyl (C=O) groups excluding carboxylic acids is 1. The van der Waals surface area contributed by atoms with Crippen LogP contribution in [0.4, 0.5) is 4.79 Å². The van der Waals surface area contributed by atoms with Crippen LogP contribution < -0.4 is 5.32 Å². The lowest BCUT2D eigenvalue weighted by Crippen LogP contribution is -2.44. The second-order valence-electron chi connectivity index (χ2n) is 3.90. The molecule has 1 aliphatic heterocycles. The Morgan fingerprint density at radius 2 is 2.50 bits per heavy atom. The Labute approximate surface area is 87.1 Å². The zero-order valence-electron chi connectivity index (χ0n) is 8.24. The third kappa shape index (κ3) is 1.50. The van der Waals surface area contributed by atoms with E-state index in [1.165, 1.54) is 5.56 Å². The van der Waals surface area contributed by atoms with Gasteiger partial charge >= 0.3 is 6.09 Å². The molecule has 1 aromatic heterocycles. The van der Waals surface area contributed by atoms with Crippen molar-refractivity contribution < 1.29 is 9.53 Å². The summed E-state index contributed by atoms with van der Waals surface area (Å²) in [4.78, 5) is 11.0. The van der Waals surface area contributed by atoms with Gasteiger partial charge in [-0.1, -0.05) is 6.92 Å². The Morgan fingerprint density at radius 3 is 3.00 bits per heavy atom. The SMILES string of the molecule is CC(c1ccsc1)C1(C)COC(=O)N1. The van der Waals surface area contributed by atoms with Gasteiger partial charge in [0.15, 0.2) is 0 Å². The normalized spacial score (nSPS) is 28.3. The number of hydrogen-bond donors (Lipinski definition) is 1. The molecular formula is C10H13NO2S. The summed E-state index contributed by atoms with van der Waals surface area (Å²) in [6.07, 6.45) is -0.311. The molecule has 2 heterocycles. The molecule has 1 N–H and O–H groups in total. The lowest BCUT2D eigenvalue weighted by molar-refractivity contribution is 0.171. The van der Waals surface area contributed by atoms with Gasteiger partial charge in [0, 0.05) is 5.92 Å². The molecule has 1 aliphatic rings. The minimum atomic E-state index is -0.311. The molecule has 1 aromatic rings. The smallest absolute Gasteiger partial charge is 0.407 e. The molecule has 1 saturated heterocycles. The quantitative estimate of drug-likeness (QED) is 0.815. The first kappa shape index (κ1) is 9.52. The number of cyclic esters (lactones) is 1. The molecule has 2 rings (SSSR count). The molecule has 1 fully saturated rings. The molecule has 1 amide bonds. The van der Waals surface area contributed by atoms with Gasteiger partial charge in [-0.25, -0.2) is 4.79 Å². The lowest BCUT2D eigenvalue weighted by Gasteiger charge is -2.28. The number of rotatable bonds is 2. The minimum absolute atomic E-state index is 0.266. The zero-order chi connectivity index (χ0) is 10.2. The Hall–Kier alpha value is -1.03. The summed E-state index contributed by atoms with van der Waals surface area (Å²) in [5, 5.41) is 7.02. The van der Waals surface area contributed by atoms with Crippen LogP contribution in [0.25, 0.3) is 0 Å². The highest BCUT2D eigenvalue weighted by molar-refractivity contribution is 7.07. The summed E-state index contributed by atoms with van der Waals surface area (Å²) in [6.45, 7) is 4.57. The summed E-state index contributed by atoms with van der Waals surface area (Å²) >= 11 is 1.67. The van der Waals surface area contributed by atoms with E-state index in [0.717, 1.165) is 0 Å². The predicted molar refractivity (Wildman–Crippen MR) is 55.6 cm³/mol. The molecule has 0 radical (unpaired) electrons. The number of amides is 1.